The van der Waals surface area contributed by atoms with E-state index in [0.29, 0.717) is 13.2 Å². The number of piperidine rings is 1. The smallest absolute Gasteiger partial charge is 0.233 e. The molecule has 0 spiro atoms. The Labute approximate surface area is 103 Å². The summed E-state index contributed by atoms with van der Waals surface area (Å²) in [5, 5.41) is 0. The molecule has 0 saturated carbocycles. The summed E-state index contributed by atoms with van der Waals surface area (Å²) in [5.41, 5.74) is -0.278. The van der Waals surface area contributed by atoms with Crippen LogP contribution in [-0.2, 0) is 14.3 Å². The van der Waals surface area contributed by atoms with Crippen LogP contribution in [0.5, 0.6) is 0 Å². The number of hydrogen-bond donors (Lipinski definition) is 0. The number of amides is 1. The molecule has 0 aromatic rings. The van der Waals surface area contributed by atoms with Crippen LogP contribution in [0.15, 0.2) is 0 Å². The minimum absolute atomic E-state index is 0.206. The molecule has 2 rings (SSSR count). The van der Waals surface area contributed by atoms with E-state index in [1.54, 1.807) is 0 Å². The zero-order valence-corrected chi connectivity index (χ0v) is 11.1. The van der Waals surface area contributed by atoms with Crippen molar-refractivity contribution in [3.8, 4) is 0 Å². The summed E-state index contributed by atoms with van der Waals surface area (Å²) in [6.07, 6.45) is 2.55. The van der Waals surface area contributed by atoms with Crippen molar-refractivity contribution in [3.05, 3.63) is 0 Å². The standard InChI is InChI=1S/C13H23NO3/c1-10(2)17-11-5-4-6-14(7-11)12(15)13(3)8-16-9-13/h10-11H,4-9H2,1-3H3. The van der Waals surface area contributed by atoms with Crippen LogP contribution in [0.25, 0.3) is 0 Å². The van der Waals surface area contributed by atoms with Gasteiger partial charge in [-0.05, 0) is 33.6 Å². The fourth-order valence-corrected chi connectivity index (χ4v) is 2.53. The first-order valence-corrected chi connectivity index (χ1v) is 6.54. The largest absolute Gasteiger partial charge is 0.379 e. The fourth-order valence-electron chi connectivity index (χ4n) is 2.53. The highest BCUT2D eigenvalue weighted by Crippen LogP contribution is 2.30. The van der Waals surface area contributed by atoms with Crippen molar-refractivity contribution in [1.29, 1.82) is 0 Å². The Morgan fingerprint density at radius 1 is 1.47 bits per heavy atom. The van der Waals surface area contributed by atoms with Crippen LogP contribution in [-0.4, -0.2) is 49.3 Å². The first-order chi connectivity index (χ1) is 8.01. The van der Waals surface area contributed by atoms with E-state index in [-0.39, 0.29) is 23.5 Å². The zero-order valence-electron chi connectivity index (χ0n) is 11.1. The van der Waals surface area contributed by atoms with Crippen LogP contribution in [0.2, 0.25) is 0 Å². The molecule has 98 valence electrons. The molecular formula is C13H23NO3. The molecule has 0 radical (unpaired) electrons. The van der Waals surface area contributed by atoms with Crippen molar-refractivity contribution >= 4 is 5.91 Å². The maximum atomic E-state index is 12.3. The predicted octanol–water partition coefficient (Wildman–Crippen LogP) is 1.44. The molecule has 1 unspecified atom stereocenters. The number of nitrogens with zero attached hydrogens (tertiary/aromatic N) is 1. The predicted molar refractivity (Wildman–Crippen MR) is 64.7 cm³/mol. The Bertz CT molecular complexity index is 286. The molecule has 0 aromatic heterocycles. The SMILES string of the molecule is CC(C)OC1CCCN(C(=O)C2(C)COC2)C1. The molecule has 2 aliphatic heterocycles. The van der Waals surface area contributed by atoms with E-state index in [2.05, 4.69) is 0 Å². The number of hydrogen-bond acceptors (Lipinski definition) is 3. The third-order valence-electron chi connectivity index (χ3n) is 3.49. The number of rotatable bonds is 3. The molecular weight excluding hydrogens is 218 g/mol. The average Bonchev–Trinajstić information content (AvgIpc) is 2.24. The summed E-state index contributed by atoms with van der Waals surface area (Å²) in [5.74, 6) is 0.237. The lowest BCUT2D eigenvalue weighted by Crippen LogP contribution is -2.56. The first kappa shape index (κ1) is 12.8. The highest BCUT2D eigenvalue weighted by Gasteiger charge is 2.44. The zero-order chi connectivity index (χ0) is 12.5. The van der Waals surface area contributed by atoms with Crippen molar-refractivity contribution in [2.24, 2.45) is 5.41 Å². The lowest BCUT2D eigenvalue weighted by Gasteiger charge is -2.43. The van der Waals surface area contributed by atoms with Crippen molar-refractivity contribution in [1.82, 2.24) is 4.90 Å². The second-order valence-corrected chi connectivity index (χ2v) is 5.75. The van der Waals surface area contributed by atoms with Gasteiger partial charge in [-0.25, -0.2) is 0 Å². The summed E-state index contributed by atoms with van der Waals surface area (Å²) in [6.45, 7) is 8.82. The summed E-state index contributed by atoms with van der Waals surface area (Å²) < 4.78 is 11.0. The van der Waals surface area contributed by atoms with Crippen LogP contribution < -0.4 is 0 Å². The molecule has 2 fully saturated rings. The van der Waals surface area contributed by atoms with Gasteiger partial charge in [-0.1, -0.05) is 0 Å². The number of likely N-dealkylation sites (tertiary alicyclic amines) is 1. The number of carbonyl (C=O) groups is 1. The molecule has 0 bridgehead atoms. The summed E-state index contributed by atoms with van der Waals surface area (Å²) >= 11 is 0. The Kier molecular flexibility index (Phi) is 3.73. The van der Waals surface area contributed by atoms with E-state index in [4.69, 9.17) is 9.47 Å². The molecule has 0 N–H and O–H groups in total. The lowest BCUT2D eigenvalue weighted by molar-refractivity contribution is -0.172. The Morgan fingerprint density at radius 2 is 2.18 bits per heavy atom. The normalized spacial score (nSPS) is 28.0. The molecule has 2 saturated heterocycles. The second kappa shape index (κ2) is 4.94. The van der Waals surface area contributed by atoms with Crippen LogP contribution in [0.3, 0.4) is 0 Å². The van der Waals surface area contributed by atoms with Gasteiger partial charge in [-0.2, -0.15) is 0 Å². The fraction of sp³-hybridized carbons (Fsp3) is 0.923. The van der Waals surface area contributed by atoms with Crippen molar-refractivity contribution in [3.63, 3.8) is 0 Å². The van der Waals surface area contributed by atoms with Crippen molar-refractivity contribution in [2.45, 2.75) is 45.8 Å². The quantitative estimate of drug-likeness (QED) is 0.750. The van der Waals surface area contributed by atoms with E-state index >= 15 is 0 Å². The van der Waals surface area contributed by atoms with Gasteiger partial charge >= 0.3 is 0 Å². The van der Waals surface area contributed by atoms with Gasteiger partial charge in [0.25, 0.3) is 0 Å². The minimum atomic E-state index is -0.278. The monoisotopic (exact) mass is 241 g/mol. The number of ether oxygens (including phenoxy) is 2. The maximum Gasteiger partial charge on any atom is 0.233 e. The van der Waals surface area contributed by atoms with E-state index in [1.807, 2.05) is 25.7 Å². The Hall–Kier alpha value is -0.610. The second-order valence-electron chi connectivity index (χ2n) is 5.75. The van der Waals surface area contributed by atoms with E-state index in [1.165, 1.54) is 0 Å². The molecule has 1 atom stereocenters. The van der Waals surface area contributed by atoms with Crippen molar-refractivity contribution in [2.75, 3.05) is 26.3 Å². The molecule has 4 heteroatoms. The van der Waals surface area contributed by atoms with E-state index in [9.17, 15) is 4.79 Å². The van der Waals surface area contributed by atoms with Crippen LogP contribution in [0.4, 0.5) is 0 Å². The third kappa shape index (κ3) is 2.80. The molecule has 2 heterocycles. The van der Waals surface area contributed by atoms with Crippen LogP contribution in [0.1, 0.15) is 33.6 Å². The van der Waals surface area contributed by atoms with Gasteiger partial charge in [0.1, 0.15) is 0 Å². The summed E-state index contributed by atoms with van der Waals surface area (Å²) in [4.78, 5) is 14.3. The Morgan fingerprint density at radius 3 is 2.71 bits per heavy atom. The third-order valence-corrected chi connectivity index (χ3v) is 3.49. The van der Waals surface area contributed by atoms with Crippen LogP contribution >= 0.6 is 0 Å². The summed E-state index contributed by atoms with van der Waals surface area (Å²) in [7, 11) is 0. The highest BCUT2D eigenvalue weighted by atomic mass is 16.5. The first-order valence-electron chi connectivity index (χ1n) is 6.54. The maximum absolute atomic E-state index is 12.3. The molecule has 2 aliphatic rings. The molecule has 4 nitrogen and oxygen atoms in total. The van der Waals surface area contributed by atoms with E-state index < -0.39 is 0 Å². The van der Waals surface area contributed by atoms with Crippen molar-refractivity contribution < 1.29 is 14.3 Å². The highest BCUT2D eigenvalue weighted by molar-refractivity contribution is 5.83. The van der Waals surface area contributed by atoms with Gasteiger partial charge in [-0.3, -0.25) is 4.79 Å². The van der Waals surface area contributed by atoms with Gasteiger partial charge in [0.15, 0.2) is 0 Å². The van der Waals surface area contributed by atoms with Crippen LogP contribution in [0, 0.1) is 5.41 Å². The molecule has 0 aromatic carbocycles. The van der Waals surface area contributed by atoms with E-state index in [0.717, 1.165) is 25.9 Å². The minimum Gasteiger partial charge on any atom is -0.379 e. The molecule has 0 aliphatic carbocycles. The lowest BCUT2D eigenvalue weighted by atomic mass is 9.86. The van der Waals surface area contributed by atoms with Gasteiger partial charge in [0, 0.05) is 13.1 Å². The Balaban J connectivity index is 1.90. The van der Waals surface area contributed by atoms with Gasteiger partial charge < -0.3 is 14.4 Å². The average molecular weight is 241 g/mol. The summed E-state index contributed by atoms with van der Waals surface area (Å²) in [6, 6.07) is 0. The van der Waals surface area contributed by atoms with Gasteiger partial charge in [0.2, 0.25) is 5.91 Å². The number of carbonyl (C=O) groups excluding carboxylic acids is 1. The van der Waals surface area contributed by atoms with Gasteiger partial charge in [-0.15, -0.1) is 0 Å². The molecule has 17 heavy (non-hydrogen) atoms. The topological polar surface area (TPSA) is 38.8 Å². The van der Waals surface area contributed by atoms with Gasteiger partial charge in [0.05, 0.1) is 30.8 Å². The molecule has 1 amide bonds.